The molecule has 21 heavy (non-hydrogen) atoms. The second-order valence-electron chi connectivity index (χ2n) is 5.84. The van der Waals surface area contributed by atoms with Gasteiger partial charge in [0.15, 0.2) is 0 Å². The molecule has 4 heteroatoms. The van der Waals surface area contributed by atoms with Gasteiger partial charge in [-0.25, -0.2) is 0 Å². The Balaban J connectivity index is 1.66. The first-order valence-corrected chi connectivity index (χ1v) is 7.83. The molecule has 0 spiro atoms. The third-order valence-electron chi connectivity index (χ3n) is 4.41. The fourth-order valence-corrected chi connectivity index (χ4v) is 3.20. The number of aryl methyl sites for hydroxylation is 2. The fourth-order valence-electron chi connectivity index (χ4n) is 3.20. The molecule has 0 amide bonds. The highest BCUT2D eigenvalue weighted by molar-refractivity contribution is 5.85. The summed E-state index contributed by atoms with van der Waals surface area (Å²) in [4.78, 5) is 2.56. The van der Waals surface area contributed by atoms with E-state index in [-0.39, 0.29) is 0 Å². The van der Waals surface area contributed by atoms with Crippen LogP contribution in [0.4, 0.5) is 0 Å². The first kappa shape index (κ1) is 14.4. The number of aromatic nitrogens is 1. The number of hydrogen-bond acceptors (Lipinski definition) is 3. The summed E-state index contributed by atoms with van der Waals surface area (Å²) in [5.41, 5.74) is 2.71. The molecule has 0 saturated carbocycles. The number of nitrogens with one attached hydrogen (secondary N) is 1. The second-order valence-corrected chi connectivity index (χ2v) is 5.84. The standard InChI is InChI=1S/C17H25N3O/c1-19-13-14(4-3-9-20-10-7-18-8-11-20)16-6-5-15(21-2)12-17(16)19/h5-6,12-13,18H,3-4,7-11H2,1-2H3. The highest BCUT2D eigenvalue weighted by Crippen LogP contribution is 2.26. The lowest BCUT2D eigenvalue weighted by Gasteiger charge is -2.26. The average Bonchev–Trinajstić information content (AvgIpc) is 2.84. The zero-order valence-electron chi connectivity index (χ0n) is 13.1. The first-order valence-electron chi connectivity index (χ1n) is 7.83. The SMILES string of the molecule is COc1ccc2c(CCCN3CCNCC3)cn(C)c2c1. The van der Waals surface area contributed by atoms with Gasteiger partial charge in [0, 0.05) is 50.9 Å². The van der Waals surface area contributed by atoms with E-state index in [1.807, 2.05) is 0 Å². The van der Waals surface area contributed by atoms with Crippen molar-refractivity contribution in [2.45, 2.75) is 12.8 Å². The van der Waals surface area contributed by atoms with Crippen molar-refractivity contribution in [2.75, 3.05) is 39.8 Å². The van der Waals surface area contributed by atoms with Gasteiger partial charge >= 0.3 is 0 Å². The smallest absolute Gasteiger partial charge is 0.120 e. The van der Waals surface area contributed by atoms with Gasteiger partial charge in [-0.2, -0.15) is 0 Å². The molecule has 4 nitrogen and oxygen atoms in total. The van der Waals surface area contributed by atoms with Crippen LogP contribution in [-0.4, -0.2) is 49.3 Å². The van der Waals surface area contributed by atoms with Crippen molar-refractivity contribution in [1.29, 1.82) is 0 Å². The molecule has 0 aliphatic carbocycles. The summed E-state index contributed by atoms with van der Waals surface area (Å²) in [6, 6.07) is 6.37. The van der Waals surface area contributed by atoms with Crippen molar-refractivity contribution < 1.29 is 4.74 Å². The number of methoxy groups -OCH3 is 1. The van der Waals surface area contributed by atoms with Crippen LogP contribution in [0.25, 0.3) is 10.9 Å². The Labute approximate surface area is 126 Å². The average molecular weight is 287 g/mol. The van der Waals surface area contributed by atoms with E-state index >= 15 is 0 Å². The Hall–Kier alpha value is -1.52. The Morgan fingerprint density at radius 3 is 2.81 bits per heavy atom. The zero-order valence-corrected chi connectivity index (χ0v) is 13.1. The summed E-state index contributed by atoms with van der Waals surface area (Å²) in [5.74, 6) is 0.927. The van der Waals surface area contributed by atoms with Gasteiger partial charge in [-0.05, 0) is 37.1 Å². The molecule has 0 unspecified atom stereocenters. The number of rotatable bonds is 5. The van der Waals surface area contributed by atoms with Crippen LogP contribution in [0.5, 0.6) is 5.75 Å². The van der Waals surface area contributed by atoms with Crippen LogP contribution in [0, 0.1) is 0 Å². The summed E-state index contributed by atoms with van der Waals surface area (Å²) in [7, 11) is 3.83. The molecular weight excluding hydrogens is 262 g/mol. The van der Waals surface area contributed by atoms with E-state index in [1.165, 1.54) is 42.5 Å². The Kier molecular flexibility index (Phi) is 4.46. The van der Waals surface area contributed by atoms with E-state index in [0.29, 0.717) is 0 Å². The molecule has 2 aromatic rings. The third kappa shape index (κ3) is 3.22. The number of nitrogens with zero attached hydrogens (tertiary/aromatic N) is 2. The van der Waals surface area contributed by atoms with Crippen LogP contribution in [0.3, 0.4) is 0 Å². The van der Waals surface area contributed by atoms with Gasteiger partial charge < -0.3 is 19.5 Å². The van der Waals surface area contributed by atoms with Crippen molar-refractivity contribution in [1.82, 2.24) is 14.8 Å². The minimum absolute atomic E-state index is 0.927. The highest BCUT2D eigenvalue weighted by atomic mass is 16.5. The third-order valence-corrected chi connectivity index (χ3v) is 4.41. The summed E-state index contributed by atoms with van der Waals surface area (Å²) < 4.78 is 7.53. The Bertz CT molecular complexity index is 599. The number of benzene rings is 1. The van der Waals surface area contributed by atoms with Crippen LogP contribution in [0.1, 0.15) is 12.0 Å². The summed E-state index contributed by atoms with van der Waals surface area (Å²) in [6.07, 6.45) is 4.64. The van der Waals surface area contributed by atoms with Gasteiger partial charge in [0.2, 0.25) is 0 Å². The fraction of sp³-hybridized carbons (Fsp3) is 0.529. The summed E-state index contributed by atoms with van der Waals surface area (Å²) in [6.45, 7) is 5.84. The minimum atomic E-state index is 0.927. The van der Waals surface area contributed by atoms with E-state index in [9.17, 15) is 0 Å². The summed E-state index contributed by atoms with van der Waals surface area (Å²) >= 11 is 0. The van der Waals surface area contributed by atoms with Crippen LogP contribution < -0.4 is 10.1 Å². The molecule has 1 fully saturated rings. The lowest BCUT2D eigenvalue weighted by Crippen LogP contribution is -2.43. The molecule has 0 radical (unpaired) electrons. The number of fused-ring (bicyclic) bond motifs is 1. The van der Waals surface area contributed by atoms with Gasteiger partial charge in [0.1, 0.15) is 5.75 Å². The Morgan fingerprint density at radius 2 is 2.05 bits per heavy atom. The molecule has 1 aliphatic heterocycles. The predicted octanol–water partition coefficient (Wildman–Crippen LogP) is 2.02. The van der Waals surface area contributed by atoms with Gasteiger partial charge in [-0.3, -0.25) is 0 Å². The topological polar surface area (TPSA) is 29.4 Å². The molecule has 1 N–H and O–H groups in total. The molecule has 1 aliphatic rings. The largest absolute Gasteiger partial charge is 0.497 e. The van der Waals surface area contributed by atoms with E-state index in [2.05, 4.69) is 46.2 Å². The normalized spacial score (nSPS) is 16.5. The number of piperazine rings is 1. The van der Waals surface area contributed by atoms with E-state index < -0.39 is 0 Å². The molecule has 2 heterocycles. The highest BCUT2D eigenvalue weighted by Gasteiger charge is 2.11. The molecule has 114 valence electrons. The monoisotopic (exact) mass is 287 g/mol. The second kappa shape index (κ2) is 6.50. The van der Waals surface area contributed by atoms with Crippen molar-refractivity contribution in [3.63, 3.8) is 0 Å². The molecule has 0 bridgehead atoms. The Morgan fingerprint density at radius 1 is 1.24 bits per heavy atom. The van der Waals surface area contributed by atoms with E-state index in [1.54, 1.807) is 7.11 Å². The quantitative estimate of drug-likeness (QED) is 0.912. The van der Waals surface area contributed by atoms with Crippen molar-refractivity contribution in [3.8, 4) is 5.75 Å². The van der Waals surface area contributed by atoms with Crippen molar-refractivity contribution in [2.24, 2.45) is 7.05 Å². The van der Waals surface area contributed by atoms with Gasteiger partial charge in [0.25, 0.3) is 0 Å². The molecular formula is C17H25N3O. The molecule has 0 atom stereocenters. The van der Waals surface area contributed by atoms with Crippen LogP contribution in [0.15, 0.2) is 24.4 Å². The minimum Gasteiger partial charge on any atom is -0.497 e. The number of hydrogen-bond donors (Lipinski definition) is 1. The van der Waals surface area contributed by atoms with Gasteiger partial charge in [-0.1, -0.05) is 0 Å². The number of ether oxygens (including phenoxy) is 1. The first-order chi connectivity index (χ1) is 10.3. The maximum atomic E-state index is 5.32. The zero-order chi connectivity index (χ0) is 14.7. The molecule has 3 rings (SSSR count). The molecule has 1 saturated heterocycles. The van der Waals surface area contributed by atoms with Crippen LogP contribution in [-0.2, 0) is 13.5 Å². The predicted molar refractivity (Wildman–Crippen MR) is 87.1 cm³/mol. The molecule has 1 aromatic carbocycles. The van der Waals surface area contributed by atoms with Gasteiger partial charge in [-0.15, -0.1) is 0 Å². The van der Waals surface area contributed by atoms with E-state index in [0.717, 1.165) is 25.3 Å². The lowest BCUT2D eigenvalue weighted by atomic mass is 10.1. The van der Waals surface area contributed by atoms with E-state index in [4.69, 9.17) is 4.74 Å². The lowest BCUT2D eigenvalue weighted by molar-refractivity contribution is 0.238. The van der Waals surface area contributed by atoms with Crippen molar-refractivity contribution in [3.05, 3.63) is 30.0 Å². The van der Waals surface area contributed by atoms with Crippen LogP contribution in [0.2, 0.25) is 0 Å². The van der Waals surface area contributed by atoms with Crippen molar-refractivity contribution >= 4 is 10.9 Å². The van der Waals surface area contributed by atoms with Crippen LogP contribution >= 0.6 is 0 Å². The maximum Gasteiger partial charge on any atom is 0.120 e. The maximum absolute atomic E-state index is 5.32. The molecule has 1 aromatic heterocycles. The van der Waals surface area contributed by atoms with Gasteiger partial charge in [0.05, 0.1) is 12.6 Å². The summed E-state index contributed by atoms with van der Waals surface area (Å²) in [5, 5.41) is 4.76.